The van der Waals surface area contributed by atoms with Crippen LogP contribution < -0.4 is 0 Å². The van der Waals surface area contributed by atoms with Crippen molar-refractivity contribution in [2.45, 2.75) is 19.4 Å². The normalized spacial score (nSPS) is 31.2. The maximum atomic E-state index is 4.38. The highest BCUT2D eigenvalue weighted by Gasteiger charge is 2.30. The molecule has 0 aromatic carbocycles. The fraction of sp³-hybridized carbons (Fsp3) is 0.300. The van der Waals surface area contributed by atoms with Crippen LogP contribution in [0.25, 0.3) is 0 Å². The lowest BCUT2D eigenvalue weighted by atomic mass is 10.0. The summed E-state index contributed by atoms with van der Waals surface area (Å²) in [6.45, 7) is 2.17. The highest BCUT2D eigenvalue weighted by molar-refractivity contribution is 5.94. The zero-order valence-corrected chi connectivity index (χ0v) is 6.46. The van der Waals surface area contributed by atoms with E-state index in [1.165, 1.54) is 28.7 Å². The van der Waals surface area contributed by atoms with Crippen molar-refractivity contribution in [1.29, 1.82) is 0 Å². The first kappa shape index (κ1) is 5.53. The van der Waals surface area contributed by atoms with E-state index >= 15 is 0 Å². The Morgan fingerprint density at radius 2 is 2.18 bits per heavy atom. The van der Waals surface area contributed by atoms with E-state index in [-0.39, 0.29) is 0 Å². The van der Waals surface area contributed by atoms with E-state index in [0.29, 0.717) is 6.04 Å². The Kier molecular flexibility index (Phi) is 0.780. The predicted octanol–water partition coefficient (Wildman–Crippen LogP) is 2.03. The van der Waals surface area contributed by atoms with Crippen LogP contribution in [0.1, 0.15) is 13.3 Å². The zero-order valence-electron chi connectivity index (χ0n) is 6.46. The fourth-order valence-electron chi connectivity index (χ4n) is 2.15. The second-order valence-electron chi connectivity index (χ2n) is 3.34. The molecular weight excluding hydrogens is 134 g/mol. The smallest absolute Gasteiger partial charge is 0.0730 e. The molecule has 0 amide bonds. The Morgan fingerprint density at radius 3 is 3.00 bits per heavy atom. The molecule has 3 aliphatic rings. The van der Waals surface area contributed by atoms with Crippen LogP contribution in [0, 0.1) is 0 Å². The topological polar surface area (TPSA) is 12.4 Å². The molecule has 1 nitrogen and oxygen atoms in total. The third-order valence-corrected chi connectivity index (χ3v) is 2.69. The summed E-state index contributed by atoms with van der Waals surface area (Å²) < 4.78 is 0. The van der Waals surface area contributed by atoms with Gasteiger partial charge in [-0.1, -0.05) is 12.2 Å². The summed E-state index contributed by atoms with van der Waals surface area (Å²) in [7, 11) is 0. The van der Waals surface area contributed by atoms with Gasteiger partial charge in [0.2, 0.25) is 0 Å². The first-order valence-corrected chi connectivity index (χ1v) is 4.04. The van der Waals surface area contributed by atoms with Crippen molar-refractivity contribution in [3.05, 3.63) is 34.4 Å². The van der Waals surface area contributed by atoms with Gasteiger partial charge in [-0.3, -0.25) is 4.99 Å². The van der Waals surface area contributed by atoms with E-state index in [0.717, 1.165) is 0 Å². The third kappa shape index (κ3) is 0.506. The molecule has 2 aliphatic carbocycles. The lowest BCUT2D eigenvalue weighted by Crippen LogP contribution is -1.98. The Labute approximate surface area is 65.8 Å². The molecular formula is C10H9N. The molecule has 1 unspecified atom stereocenters. The first-order chi connectivity index (χ1) is 5.36. The van der Waals surface area contributed by atoms with Crippen LogP contribution in [-0.4, -0.2) is 12.3 Å². The molecule has 11 heavy (non-hydrogen) atoms. The molecule has 0 fully saturated rings. The first-order valence-electron chi connectivity index (χ1n) is 4.04. The highest BCUT2D eigenvalue weighted by Crippen LogP contribution is 2.42. The molecule has 0 N–H and O–H groups in total. The maximum Gasteiger partial charge on any atom is 0.0730 e. The number of fused-ring (bicyclic) bond motifs is 3. The van der Waals surface area contributed by atoms with Gasteiger partial charge in [-0.25, -0.2) is 0 Å². The van der Waals surface area contributed by atoms with Gasteiger partial charge in [0.05, 0.1) is 6.04 Å². The van der Waals surface area contributed by atoms with Gasteiger partial charge < -0.3 is 0 Å². The number of allylic oxidation sites excluding steroid dienone is 4. The lowest BCUT2D eigenvalue weighted by molar-refractivity contribution is 0.905. The molecule has 2 bridgehead atoms. The van der Waals surface area contributed by atoms with Gasteiger partial charge in [-0.2, -0.15) is 0 Å². The van der Waals surface area contributed by atoms with Crippen molar-refractivity contribution in [1.82, 2.24) is 0 Å². The lowest BCUT2D eigenvalue weighted by Gasteiger charge is -2.04. The quantitative estimate of drug-likeness (QED) is 0.492. The van der Waals surface area contributed by atoms with Gasteiger partial charge >= 0.3 is 0 Å². The summed E-state index contributed by atoms with van der Waals surface area (Å²) in [6.07, 6.45) is 7.66. The van der Waals surface area contributed by atoms with E-state index < -0.39 is 0 Å². The fourth-order valence-corrected chi connectivity index (χ4v) is 2.15. The molecule has 1 heterocycles. The molecule has 3 rings (SSSR count). The van der Waals surface area contributed by atoms with E-state index in [2.05, 4.69) is 24.1 Å². The Hall–Kier alpha value is -1.11. The van der Waals surface area contributed by atoms with Crippen molar-refractivity contribution in [3.8, 4) is 0 Å². The SMILES string of the molecule is CC1N=CC2=C3C=CC(=C21)C3. The summed E-state index contributed by atoms with van der Waals surface area (Å²) in [5.41, 5.74) is 5.88. The van der Waals surface area contributed by atoms with E-state index in [1.807, 2.05) is 6.21 Å². The van der Waals surface area contributed by atoms with Crippen LogP contribution in [0.2, 0.25) is 0 Å². The predicted molar refractivity (Wildman–Crippen MR) is 45.8 cm³/mol. The second-order valence-corrected chi connectivity index (χ2v) is 3.34. The molecule has 54 valence electrons. The maximum absolute atomic E-state index is 4.38. The molecule has 0 saturated heterocycles. The van der Waals surface area contributed by atoms with Gasteiger partial charge in [0, 0.05) is 11.8 Å². The Bertz CT molecular complexity index is 353. The highest BCUT2D eigenvalue weighted by atomic mass is 14.8. The van der Waals surface area contributed by atoms with Gasteiger partial charge in [0.25, 0.3) is 0 Å². The summed E-state index contributed by atoms with van der Waals surface area (Å²) in [5.74, 6) is 0. The van der Waals surface area contributed by atoms with Gasteiger partial charge in [-0.15, -0.1) is 0 Å². The largest absolute Gasteiger partial charge is 0.285 e. The van der Waals surface area contributed by atoms with Crippen LogP contribution in [0.15, 0.2) is 39.4 Å². The van der Waals surface area contributed by atoms with Crippen molar-refractivity contribution in [2.75, 3.05) is 0 Å². The van der Waals surface area contributed by atoms with Crippen molar-refractivity contribution in [3.63, 3.8) is 0 Å². The molecule has 0 radical (unpaired) electrons. The molecule has 0 aromatic rings. The second kappa shape index (κ2) is 1.55. The number of hydrogen-bond acceptors (Lipinski definition) is 1. The summed E-state index contributed by atoms with van der Waals surface area (Å²) >= 11 is 0. The van der Waals surface area contributed by atoms with Gasteiger partial charge in [0.15, 0.2) is 0 Å². The van der Waals surface area contributed by atoms with Crippen LogP contribution in [-0.2, 0) is 0 Å². The van der Waals surface area contributed by atoms with Crippen molar-refractivity contribution in [2.24, 2.45) is 4.99 Å². The van der Waals surface area contributed by atoms with Crippen LogP contribution in [0.3, 0.4) is 0 Å². The van der Waals surface area contributed by atoms with Crippen molar-refractivity contribution >= 4 is 6.21 Å². The third-order valence-electron chi connectivity index (χ3n) is 2.69. The monoisotopic (exact) mass is 143 g/mol. The van der Waals surface area contributed by atoms with Crippen molar-refractivity contribution < 1.29 is 0 Å². The number of hydrogen-bond donors (Lipinski definition) is 0. The van der Waals surface area contributed by atoms with E-state index in [1.54, 1.807) is 0 Å². The van der Waals surface area contributed by atoms with Gasteiger partial charge in [0.1, 0.15) is 0 Å². The van der Waals surface area contributed by atoms with Crippen LogP contribution in [0.5, 0.6) is 0 Å². The minimum absolute atomic E-state index is 0.419. The molecule has 1 atom stereocenters. The summed E-state index contributed by atoms with van der Waals surface area (Å²) in [4.78, 5) is 4.38. The number of aliphatic imine (C=N–C) groups is 1. The number of nitrogens with zero attached hydrogens (tertiary/aromatic N) is 1. The van der Waals surface area contributed by atoms with Gasteiger partial charge in [-0.05, 0) is 30.1 Å². The van der Waals surface area contributed by atoms with E-state index in [9.17, 15) is 0 Å². The minimum atomic E-state index is 0.419. The molecule has 1 aliphatic heterocycles. The number of rotatable bonds is 0. The average Bonchev–Trinajstić information content (AvgIpc) is 2.60. The zero-order chi connectivity index (χ0) is 7.42. The van der Waals surface area contributed by atoms with Crippen LogP contribution >= 0.6 is 0 Å². The molecule has 0 spiro atoms. The van der Waals surface area contributed by atoms with E-state index in [4.69, 9.17) is 0 Å². The molecule has 1 heteroatoms. The standard InChI is InChI=1S/C10H9N/c1-6-10-8-3-2-7(4-8)9(10)5-11-6/h2-3,5-6H,4H2,1H3. The Morgan fingerprint density at radius 1 is 1.36 bits per heavy atom. The minimum Gasteiger partial charge on any atom is -0.285 e. The average molecular weight is 143 g/mol. The Balaban J connectivity index is 2.32. The van der Waals surface area contributed by atoms with Crippen LogP contribution in [0.4, 0.5) is 0 Å². The summed E-state index contributed by atoms with van der Waals surface area (Å²) in [5, 5.41) is 0. The summed E-state index contributed by atoms with van der Waals surface area (Å²) in [6, 6.07) is 0.419. The molecule has 0 aromatic heterocycles. The molecule has 0 saturated carbocycles.